The molecule has 0 atom stereocenters. The van der Waals surface area contributed by atoms with Crippen LogP contribution in [0, 0.1) is 0 Å². The average molecular weight is 79.1 g/mol. The van der Waals surface area contributed by atoms with E-state index in [1.807, 2.05) is 0 Å². The molecule has 0 aliphatic rings. The Morgan fingerprint density at radius 1 is 1.50 bits per heavy atom. The summed E-state index contributed by atoms with van der Waals surface area (Å²) in [5, 5.41) is 9.83. The molecule has 0 saturated carbocycles. The normalized spacial score (nSPS) is 9.00. The minimum absolute atomic E-state index is 0.361. The van der Waals surface area contributed by atoms with Crippen LogP contribution in [-0.2, 0) is 11.3 Å². The molecule has 0 heterocycles. The van der Waals surface area contributed by atoms with Gasteiger partial charge in [-0.3, -0.25) is 0 Å². The fraction of sp³-hybridized carbons (Fsp3) is 1.00. The van der Waals surface area contributed by atoms with Gasteiger partial charge in [0.05, 0.1) is 0 Å². The third kappa shape index (κ3) is 50.2. The van der Waals surface area contributed by atoms with Crippen molar-refractivity contribution < 1.29 is 0 Å². The Kier molecular flexibility index (Phi) is 1.68. The van der Waals surface area contributed by atoms with Gasteiger partial charge in [0.1, 0.15) is 6.26 Å². The maximum Gasteiger partial charge on any atom is 0.154 e. The van der Waals surface area contributed by atoms with E-state index < -0.39 is 0 Å². The van der Waals surface area contributed by atoms with Crippen LogP contribution in [0.1, 0.15) is 0 Å². The van der Waals surface area contributed by atoms with Crippen LogP contribution in [0.2, 0.25) is 0 Å². The van der Waals surface area contributed by atoms with Crippen molar-refractivity contribution in [1.29, 1.82) is 0 Å². The van der Waals surface area contributed by atoms with Gasteiger partial charge in [-0.15, -0.1) is 10.3 Å². The molecule has 0 fully saturated rings. The molecule has 0 bridgehead atoms. The Hall–Kier alpha value is 0.270. The van der Waals surface area contributed by atoms with E-state index in [9.17, 15) is 0 Å². The lowest BCUT2D eigenvalue weighted by molar-refractivity contribution is 1.82. The third-order valence-electron chi connectivity index (χ3n) is 0. The molecule has 0 aromatic carbocycles. The van der Waals surface area contributed by atoms with Crippen LogP contribution in [-0.4, -0.2) is 6.26 Å². The molecule has 0 aromatic heterocycles. The highest BCUT2D eigenvalue weighted by Gasteiger charge is 1.80. The van der Waals surface area contributed by atoms with Gasteiger partial charge in [-0.1, -0.05) is 0 Å². The van der Waals surface area contributed by atoms with E-state index in [1.165, 1.54) is 0 Å². The molecule has 0 aliphatic heterocycles. The molecule has 2 nitrogen and oxygen atoms in total. The molecular weight excluding hydrogens is 72.1 g/mol. The Balaban J connectivity index is 2.32. The molecule has 3 heteroatoms. The predicted molar refractivity (Wildman–Crippen MR) is 21.7 cm³/mol. The standard InChI is InChI=1S/CH6N2S/c1-4(2)3/h1H3,(H3,2,3)/p+1. The van der Waals surface area contributed by atoms with Crippen LogP contribution < -0.4 is 10.3 Å². The lowest BCUT2D eigenvalue weighted by Gasteiger charge is -1.68. The van der Waals surface area contributed by atoms with Gasteiger partial charge in [0, 0.05) is 0 Å². The second-order valence-electron chi connectivity index (χ2n) is 0.607. The van der Waals surface area contributed by atoms with Crippen molar-refractivity contribution in [1.82, 2.24) is 0 Å². The molecule has 0 spiro atoms. The van der Waals surface area contributed by atoms with Crippen molar-refractivity contribution in [3.8, 4) is 0 Å². The second-order valence-corrected chi connectivity index (χ2v) is 1.82. The fourth-order valence-electron chi connectivity index (χ4n) is 0. The van der Waals surface area contributed by atoms with Crippen LogP contribution in [0.5, 0.6) is 0 Å². The molecule has 26 valence electrons. The van der Waals surface area contributed by atoms with Gasteiger partial charge in [0.25, 0.3) is 0 Å². The highest BCUT2D eigenvalue weighted by molar-refractivity contribution is 7.91. The fourth-order valence-corrected chi connectivity index (χ4v) is 0. The smallest absolute Gasteiger partial charge is 0.133 e. The summed E-state index contributed by atoms with van der Waals surface area (Å²) in [6.45, 7) is 0. The first-order valence-corrected chi connectivity index (χ1v) is 2.64. The molecule has 0 radical (unpaired) electrons. The van der Waals surface area contributed by atoms with Crippen LogP contribution in [0.4, 0.5) is 0 Å². The molecule has 0 aromatic rings. The van der Waals surface area contributed by atoms with E-state index >= 15 is 0 Å². The minimum Gasteiger partial charge on any atom is -0.133 e. The predicted octanol–water partition coefficient (Wildman–Crippen LogP) is -1.02. The molecular formula is CH7N2S+. The average Bonchev–Trinajstić information content (AvgIpc) is 0.811. The van der Waals surface area contributed by atoms with E-state index in [0.717, 1.165) is 0 Å². The van der Waals surface area contributed by atoms with Crippen molar-refractivity contribution >= 4 is 11.3 Å². The summed E-state index contributed by atoms with van der Waals surface area (Å²) in [4.78, 5) is 0. The van der Waals surface area contributed by atoms with Crippen molar-refractivity contribution in [3.63, 3.8) is 0 Å². The number of nitrogens with two attached hydrogens (primary N) is 2. The summed E-state index contributed by atoms with van der Waals surface area (Å²) < 4.78 is 0. The lowest BCUT2D eigenvalue weighted by Crippen LogP contribution is -2.20. The summed E-state index contributed by atoms with van der Waals surface area (Å²) in [6.07, 6.45) is 1.75. The summed E-state index contributed by atoms with van der Waals surface area (Å²) in [7, 11) is 0. The minimum atomic E-state index is -0.361. The first kappa shape index (κ1) is 4.27. The highest BCUT2D eigenvalue weighted by Crippen LogP contribution is 1.43. The summed E-state index contributed by atoms with van der Waals surface area (Å²) >= 11 is -0.361. The third-order valence-corrected chi connectivity index (χ3v) is 0. The molecule has 0 unspecified atom stereocenters. The van der Waals surface area contributed by atoms with Crippen molar-refractivity contribution in [3.05, 3.63) is 0 Å². The molecule has 0 aliphatic carbocycles. The Bertz CT molecular complexity index is 10.8. The van der Waals surface area contributed by atoms with E-state index in [4.69, 9.17) is 10.3 Å². The number of rotatable bonds is 0. The van der Waals surface area contributed by atoms with E-state index in [2.05, 4.69) is 0 Å². The van der Waals surface area contributed by atoms with Crippen LogP contribution >= 0.6 is 0 Å². The van der Waals surface area contributed by atoms with Gasteiger partial charge in [-0.25, -0.2) is 0 Å². The topological polar surface area (TPSA) is 52.0 Å². The van der Waals surface area contributed by atoms with Crippen molar-refractivity contribution in [2.24, 2.45) is 10.3 Å². The van der Waals surface area contributed by atoms with E-state index in [1.54, 1.807) is 6.26 Å². The number of hydrogen-bond acceptors (Lipinski definition) is 2. The van der Waals surface area contributed by atoms with Gasteiger partial charge < -0.3 is 0 Å². The largest absolute Gasteiger partial charge is 0.154 e. The van der Waals surface area contributed by atoms with Gasteiger partial charge in [-0.2, -0.15) is 0 Å². The monoisotopic (exact) mass is 79.0 g/mol. The summed E-state index contributed by atoms with van der Waals surface area (Å²) in [6, 6.07) is 0. The zero-order valence-electron chi connectivity index (χ0n) is 2.56. The first-order chi connectivity index (χ1) is 1.73. The molecule has 4 heavy (non-hydrogen) atoms. The Morgan fingerprint density at radius 2 is 1.50 bits per heavy atom. The van der Waals surface area contributed by atoms with Gasteiger partial charge in [-0.05, 0) is 0 Å². The number of hydrogen-bond donors (Lipinski definition) is 2. The van der Waals surface area contributed by atoms with Crippen LogP contribution in [0.3, 0.4) is 0 Å². The maximum atomic E-state index is 4.92. The second kappa shape index (κ2) is 1.58. The van der Waals surface area contributed by atoms with Gasteiger partial charge in [0.2, 0.25) is 0 Å². The molecule has 0 saturated heterocycles. The van der Waals surface area contributed by atoms with Crippen LogP contribution in [0.25, 0.3) is 0 Å². The van der Waals surface area contributed by atoms with Crippen molar-refractivity contribution in [2.75, 3.05) is 6.26 Å². The van der Waals surface area contributed by atoms with E-state index in [-0.39, 0.29) is 11.3 Å². The zero-order chi connectivity index (χ0) is 3.58. The molecule has 4 N–H and O–H groups in total. The quantitative estimate of drug-likeness (QED) is 0.365. The zero-order valence-corrected chi connectivity index (χ0v) is 3.38. The first-order valence-electron chi connectivity index (χ1n) is 0.880. The van der Waals surface area contributed by atoms with Gasteiger partial charge >= 0.3 is 0 Å². The van der Waals surface area contributed by atoms with Gasteiger partial charge in [0.15, 0.2) is 11.3 Å². The molecule has 0 rings (SSSR count). The Labute approximate surface area is 28.8 Å². The maximum absolute atomic E-state index is 4.92. The summed E-state index contributed by atoms with van der Waals surface area (Å²) in [5.74, 6) is 0. The molecule has 0 amide bonds. The van der Waals surface area contributed by atoms with Crippen molar-refractivity contribution in [2.45, 2.75) is 0 Å². The highest BCUT2D eigenvalue weighted by atomic mass is 32.2. The SMILES string of the molecule is C[S+](N)N. The summed E-state index contributed by atoms with van der Waals surface area (Å²) in [5.41, 5.74) is 0. The Morgan fingerprint density at radius 3 is 1.50 bits per heavy atom. The van der Waals surface area contributed by atoms with E-state index in [0.29, 0.717) is 0 Å². The lowest BCUT2D eigenvalue weighted by atomic mass is 12.0. The van der Waals surface area contributed by atoms with Crippen LogP contribution in [0.15, 0.2) is 0 Å².